The Morgan fingerprint density at radius 3 is 2.63 bits per heavy atom. The molecule has 0 heterocycles. The summed E-state index contributed by atoms with van der Waals surface area (Å²) in [7, 11) is 0. The third-order valence-corrected chi connectivity index (χ3v) is 4.48. The van der Waals surface area contributed by atoms with E-state index in [1.807, 2.05) is 0 Å². The first-order valence-electron chi connectivity index (χ1n) is 7.99. The van der Waals surface area contributed by atoms with Crippen molar-refractivity contribution in [3.8, 4) is 0 Å². The Morgan fingerprint density at radius 1 is 1.37 bits per heavy atom. The molecule has 112 valence electrons. The normalized spacial score (nSPS) is 29.3. The fraction of sp³-hybridized carbons (Fsp3) is 0.938. The number of rotatable bonds is 6. The lowest BCUT2D eigenvalue weighted by Gasteiger charge is -2.38. The standard InChI is InChI=1S/C16H32N2O/c1-5-6-13(17)10-16(19)18-15-9-12(4)7-8-14(15)11(2)3/h11-15H,5-10,17H2,1-4H3,(H,18,19). The molecular weight excluding hydrogens is 236 g/mol. The molecule has 1 fully saturated rings. The third-order valence-electron chi connectivity index (χ3n) is 4.48. The molecule has 0 aromatic carbocycles. The summed E-state index contributed by atoms with van der Waals surface area (Å²) >= 11 is 0. The van der Waals surface area contributed by atoms with Gasteiger partial charge in [-0.2, -0.15) is 0 Å². The Balaban J connectivity index is 2.49. The van der Waals surface area contributed by atoms with Crippen molar-refractivity contribution in [1.29, 1.82) is 0 Å². The van der Waals surface area contributed by atoms with Gasteiger partial charge in [-0.05, 0) is 37.0 Å². The SMILES string of the molecule is CCCC(N)CC(=O)NC1CC(C)CCC1C(C)C. The van der Waals surface area contributed by atoms with E-state index in [9.17, 15) is 4.79 Å². The van der Waals surface area contributed by atoms with Crippen LogP contribution < -0.4 is 11.1 Å². The smallest absolute Gasteiger partial charge is 0.221 e. The van der Waals surface area contributed by atoms with Crippen molar-refractivity contribution in [3.05, 3.63) is 0 Å². The largest absolute Gasteiger partial charge is 0.353 e. The first-order chi connectivity index (χ1) is 8.93. The zero-order valence-electron chi connectivity index (χ0n) is 13.1. The molecule has 3 nitrogen and oxygen atoms in total. The van der Waals surface area contributed by atoms with Crippen LogP contribution in [0.3, 0.4) is 0 Å². The molecule has 0 aliphatic heterocycles. The van der Waals surface area contributed by atoms with Gasteiger partial charge in [0.25, 0.3) is 0 Å². The lowest BCUT2D eigenvalue weighted by Crippen LogP contribution is -2.46. The fourth-order valence-electron chi connectivity index (χ4n) is 3.34. The van der Waals surface area contributed by atoms with Crippen molar-refractivity contribution >= 4 is 5.91 Å². The Hall–Kier alpha value is -0.570. The Kier molecular flexibility index (Phi) is 6.84. The van der Waals surface area contributed by atoms with Crippen LogP contribution in [0.2, 0.25) is 0 Å². The summed E-state index contributed by atoms with van der Waals surface area (Å²) in [5, 5.41) is 3.25. The number of nitrogens with two attached hydrogens (primary N) is 1. The van der Waals surface area contributed by atoms with E-state index >= 15 is 0 Å². The highest BCUT2D eigenvalue weighted by Gasteiger charge is 2.31. The van der Waals surface area contributed by atoms with Crippen molar-refractivity contribution in [2.75, 3.05) is 0 Å². The van der Waals surface area contributed by atoms with E-state index in [2.05, 4.69) is 33.0 Å². The number of hydrogen-bond acceptors (Lipinski definition) is 2. The molecule has 0 aromatic rings. The monoisotopic (exact) mass is 268 g/mol. The van der Waals surface area contributed by atoms with Gasteiger partial charge in [-0.1, -0.05) is 40.5 Å². The van der Waals surface area contributed by atoms with E-state index in [4.69, 9.17) is 5.73 Å². The predicted octanol–water partition coefficient (Wildman–Crippen LogP) is 3.08. The molecule has 4 atom stereocenters. The molecule has 3 N–H and O–H groups in total. The summed E-state index contributed by atoms with van der Waals surface area (Å²) in [5.74, 6) is 2.14. The molecule has 0 aromatic heterocycles. The van der Waals surface area contributed by atoms with Gasteiger partial charge in [0.05, 0.1) is 0 Å². The Morgan fingerprint density at radius 2 is 2.05 bits per heavy atom. The molecule has 0 bridgehead atoms. The van der Waals surface area contributed by atoms with Crippen LogP contribution in [-0.4, -0.2) is 18.0 Å². The second-order valence-corrected chi connectivity index (χ2v) is 6.75. The van der Waals surface area contributed by atoms with Gasteiger partial charge in [0.2, 0.25) is 5.91 Å². The number of carbonyl (C=O) groups is 1. The molecule has 1 saturated carbocycles. The fourth-order valence-corrected chi connectivity index (χ4v) is 3.34. The average molecular weight is 268 g/mol. The minimum absolute atomic E-state index is 0.0171. The maximum Gasteiger partial charge on any atom is 0.221 e. The minimum Gasteiger partial charge on any atom is -0.353 e. The molecule has 0 spiro atoms. The molecule has 1 aliphatic carbocycles. The second kappa shape index (κ2) is 7.88. The zero-order valence-corrected chi connectivity index (χ0v) is 13.1. The van der Waals surface area contributed by atoms with Crippen LogP contribution in [-0.2, 0) is 4.79 Å². The van der Waals surface area contributed by atoms with Gasteiger partial charge in [0, 0.05) is 18.5 Å². The molecule has 1 amide bonds. The van der Waals surface area contributed by atoms with Crippen LogP contribution in [0.4, 0.5) is 0 Å². The van der Waals surface area contributed by atoms with E-state index in [0.29, 0.717) is 24.3 Å². The number of hydrogen-bond donors (Lipinski definition) is 2. The quantitative estimate of drug-likeness (QED) is 0.778. The molecule has 0 radical (unpaired) electrons. The summed E-state index contributed by atoms with van der Waals surface area (Å²) in [6, 6.07) is 0.369. The predicted molar refractivity (Wildman–Crippen MR) is 80.8 cm³/mol. The van der Waals surface area contributed by atoms with Gasteiger partial charge in [-0.3, -0.25) is 4.79 Å². The van der Waals surface area contributed by atoms with Crippen LogP contribution in [0.15, 0.2) is 0 Å². The summed E-state index contributed by atoms with van der Waals surface area (Å²) in [5.41, 5.74) is 5.95. The first-order valence-corrected chi connectivity index (χ1v) is 7.99. The van der Waals surface area contributed by atoms with E-state index in [0.717, 1.165) is 25.2 Å². The molecule has 4 unspecified atom stereocenters. The molecule has 3 heteroatoms. The Labute approximate surface area is 118 Å². The minimum atomic E-state index is 0.0171. The lowest BCUT2D eigenvalue weighted by molar-refractivity contribution is -0.123. The van der Waals surface area contributed by atoms with E-state index in [-0.39, 0.29) is 11.9 Å². The van der Waals surface area contributed by atoms with Gasteiger partial charge in [0.1, 0.15) is 0 Å². The summed E-state index contributed by atoms with van der Waals surface area (Å²) < 4.78 is 0. The van der Waals surface area contributed by atoms with E-state index < -0.39 is 0 Å². The number of amides is 1. The highest BCUT2D eigenvalue weighted by Crippen LogP contribution is 2.33. The molecule has 1 aliphatic rings. The van der Waals surface area contributed by atoms with E-state index in [1.54, 1.807) is 0 Å². The summed E-state index contributed by atoms with van der Waals surface area (Å²) in [6.45, 7) is 8.93. The van der Waals surface area contributed by atoms with Gasteiger partial charge in [-0.15, -0.1) is 0 Å². The van der Waals surface area contributed by atoms with Gasteiger partial charge in [-0.25, -0.2) is 0 Å². The first kappa shape index (κ1) is 16.5. The maximum absolute atomic E-state index is 12.1. The molecule has 19 heavy (non-hydrogen) atoms. The van der Waals surface area contributed by atoms with Crippen molar-refractivity contribution in [2.45, 2.75) is 78.3 Å². The summed E-state index contributed by atoms with van der Waals surface area (Å²) in [6.07, 6.45) is 6.11. The highest BCUT2D eigenvalue weighted by molar-refractivity contribution is 5.76. The van der Waals surface area contributed by atoms with Gasteiger partial charge in [0.15, 0.2) is 0 Å². The van der Waals surface area contributed by atoms with E-state index in [1.165, 1.54) is 12.8 Å². The topological polar surface area (TPSA) is 55.1 Å². The van der Waals surface area contributed by atoms with Crippen molar-refractivity contribution < 1.29 is 4.79 Å². The number of nitrogens with one attached hydrogen (secondary N) is 1. The van der Waals surface area contributed by atoms with Crippen molar-refractivity contribution in [1.82, 2.24) is 5.32 Å². The van der Waals surface area contributed by atoms with Crippen LogP contribution in [0.5, 0.6) is 0 Å². The summed E-state index contributed by atoms with van der Waals surface area (Å²) in [4.78, 5) is 12.1. The molecular formula is C16H32N2O. The lowest BCUT2D eigenvalue weighted by atomic mass is 9.74. The molecule has 0 saturated heterocycles. The van der Waals surface area contributed by atoms with Crippen LogP contribution in [0.1, 0.15) is 66.2 Å². The third kappa shape index (κ3) is 5.52. The van der Waals surface area contributed by atoms with Crippen molar-refractivity contribution in [3.63, 3.8) is 0 Å². The van der Waals surface area contributed by atoms with Crippen LogP contribution in [0, 0.1) is 17.8 Å². The van der Waals surface area contributed by atoms with Crippen LogP contribution >= 0.6 is 0 Å². The van der Waals surface area contributed by atoms with Crippen LogP contribution in [0.25, 0.3) is 0 Å². The number of carbonyl (C=O) groups excluding carboxylic acids is 1. The second-order valence-electron chi connectivity index (χ2n) is 6.75. The van der Waals surface area contributed by atoms with Crippen molar-refractivity contribution in [2.24, 2.45) is 23.5 Å². The Bertz CT molecular complexity index is 278. The zero-order chi connectivity index (χ0) is 14.4. The van der Waals surface area contributed by atoms with Gasteiger partial charge < -0.3 is 11.1 Å². The molecule has 1 rings (SSSR count). The van der Waals surface area contributed by atoms with Gasteiger partial charge >= 0.3 is 0 Å². The maximum atomic E-state index is 12.1. The average Bonchev–Trinajstić information content (AvgIpc) is 2.28. The highest BCUT2D eigenvalue weighted by atomic mass is 16.1.